The topological polar surface area (TPSA) is 44.4 Å². The van der Waals surface area contributed by atoms with E-state index in [1.54, 1.807) is 0 Å². The second kappa shape index (κ2) is 7.74. The molecule has 18 heavy (non-hydrogen) atoms. The molecule has 0 radical (unpaired) electrons. The summed E-state index contributed by atoms with van der Waals surface area (Å²) in [6.45, 7) is 7.79. The number of nitrogens with one attached hydrogen (secondary N) is 2. The fourth-order valence-corrected chi connectivity index (χ4v) is 2.49. The lowest BCUT2D eigenvalue weighted by Gasteiger charge is -2.25. The Kier molecular flexibility index (Phi) is 6.65. The summed E-state index contributed by atoms with van der Waals surface area (Å²) in [5.74, 6) is 0.0912. The third-order valence-electron chi connectivity index (χ3n) is 3.69. The summed E-state index contributed by atoms with van der Waals surface area (Å²) in [5, 5.41) is 6.21. The zero-order valence-electron chi connectivity index (χ0n) is 12.3. The summed E-state index contributed by atoms with van der Waals surface area (Å²) in [5.41, 5.74) is 0. The van der Waals surface area contributed by atoms with Crippen LogP contribution in [0.5, 0.6) is 0 Å². The maximum atomic E-state index is 11.7. The third kappa shape index (κ3) is 5.36. The standard InChI is InChI=1S/C14H29N3O/c1-11(2)16-14(18)12(3)15-9-10-17(4)13-7-5-6-8-13/h11-13,15H,5-10H2,1-4H3,(H,16,18). The molecule has 1 aliphatic rings. The summed E-state index contributed by atoms with van der Waals surface area (Å²) in [6.07, 6.45) is 5.41. The molecule has 1 saturated carbocycles. The van der Waals surface area contributed by atoms with Gasteiger partial charge in [-0.05, 0) is 40.7 Å². The molecule has 1 amide bonds. The molecule has 1 atom stereocenters. The van der Waals surface area contributed by atoms with Crippen molar-refractivity contribution in [2.75, 3.05) is 20.1 Å². The number of amides is 1. The highest BCUT2D eigenvalue weighted by Crippen LogP contribution is 2.21. The Morgan fingerprint density at radius 2 is 1.89 bits per heavy atom. The lowest BCUT2D eigenvalue weighted by molar-refractivity contribution is -0.123. The molecule has 0 aliphatic heterocycles. The molecular weight excluding hydrogens is 226 g/mol. The zero-order valence-corrected chi connectivity index (χ0v) is 12.3. The maximum absolute atomic E-state index is 11.7. The van der Waals surface area contributed by atoms with E-state index in [4.69, 9.17) is 0 Å². The smallest absolute Gasteiger partial charge is 0.237 e. The average molecular weight is 255 g/mol. The van der Waals surface area contributed by atoms with E-state index in [9.17, 15) is 4.79 Å². The van der Waals surface area contributed by atoms with Crippen LogP contribution in [0.1, 0.15) is 46.5 Å². The van der Waals surface area contributed by atoms with Gasteiger partial charge in [-0.2, -0.15) is 0 Å². The normalized spacial score (nSPS) is 18.6. The van der Waals surface area contributed by atoms with E-state index in [0.29, 0.717) is 0 Å². The third-order valence-corrected chi connectivity index (χ3v) is 3.69. The van der Waals surface area contributed by atoms with Crippen LogP contribution < -0.4 is 10.6 Å². The largest absolute Gasteiger partial charge is 0.353 e. The van der Waals surface area contributed by atoms with Crippen LogP contribution in [0.2, 0.25) is 0 Å². The van der Waals surface area contributed by atoms with Crippen LogP contribution in [0.15, 0.2) is 0 Å². The van der Waals surface area contributed by atoms with Gasteiger partial charge in [-0.1, -0.05) is 12.8 Å². The molecule has 4 heteroatoms. The van der Waals surface area contributed by atoms with Gasteiger partial charge in [0.05, 0.1) is 6.04 Å². The molecule has 0 saturated heterocycles. The highest BCUT2D eigenvalue weighted by atomic mass is 16.2. The number of carbonyl (C=O) groups is 1. The van der Waals surface area contributed by atoms with Crippen molar-refractivity contribution < 1.29 is 4.79 Å². The zero-order chi connectivity index (χ0) is 13.5. The van der Waals surface area contributed by atoms with Crippen LogP contribution in [-0.4, -0.2) is 49.1 Å². The summed E-state index contributed by atoms with van der Waals surface area (Å²) < 4.78 is 0. The van der Waals surface area contributed by atoms with Crippen LogP contribution in [-0.2, 0) is 4.79 Å². The van der Waals surface area contributed by atoms with Crippen molar-refractivity contribution in [1.82, 2.24) is 15.5 Å². The van der Waals surface area contributed by atoms with Gasteiger partial charge in [0, 0.05) is 25.2 Å². The SMILES string of the molecule is CC(C)NC(=O)C(C)NCCN(C)C1CCCC1. The van der Waals surface area contributed by atoms with E-state index in [1.807, 2.05) is 20.8 Å². The minimum Gasteiger partial charge on any atom is -0.353 e. The van der Waals surface area contributed by atoms with Gasteiger partial charge in [0.2, 0.25) is 5.91 Å². The molecule has 106 valence electrons. The first-order valence-electron chi connectivity index (χ1n) is 7.24. The number of carbonyl (C=O) groups excluding carboxylic acids is 1. The number of likely N-dealkylation sites (N-methyl/N-ethyl adjacent to an activating group) is 1. The van der Waals surface area contributed by atoms with Gasteiger partial charge in [-0.15, -0.1) is 0 Å². The Morgan fingerprint density at radius 1 is 1.28 bits per heavy atom. The maximum Gasteiger partial charge on any atom is 0.237 e. The number of hydrogen-bond acceptors (Lipinski definition) is 3. The molecule has 1 rings (SSSR count). The molecule has 4 nitrogen and oxygen atoms in total. The van der Waals surface area contributed by atoms with Crippen molar-refractivity contribution in [2.45, 2.75) is 64.6 Å². The van der Waals surface area contributed by atoms with Gasteiger partial charge in [-0.25, -0.2) is 0 Å². The van der Waals surface area contributed by atoms with Crippen molar-refractivity contribution in [2.24, 2.45) is 0 Å². The van der Waals surface area contributed by atoms with Crippen molar-refractivity contribution >= 4 is 5.91 Å². The molecule has 0 spiro atoms. The van der Waals surface area contributed by atoms with Gasteiger partial charge in [0.15, 0.2) is 0 Å². The van der Waals surface area contributed by atoms with Gasteiger partial charge < -0.3 is 15.5 Å². The predicted molar refractivity (Wildman–Crippen MR) is 75.6 cm³/mol. The fraction of sp³-hybridized carbons (Fsp3) is 0.929. The Balaban J connectivity index is 2.14. The molecule has 1 unspecified atom stereocenters. The van der Waals surface area contributed by atoms with E-state index in [0.717, 1.165) is 19.1 Å². The minimum atomic E-state index is -0.107. The highest BCUT2D eigenvalue weighted by molar-refractivity contribution is 5.81. The molecule has 1 fully saturated rings. The quantitative estimate of drug-likeness (QED) is 0.722. The fourth-order valence-electron chi connectivity index (χ4n) is 2.49. The van der Waals surface area contributed by atoms with Crippen LogP contribution >= 0.6 is 0 Å². The van der Waals surface area contributed by atoms with Crippen LogP contribution in [0.25, 0.3) is 0 Å². The summed E-state index contributed by atoms with van der Waals surface area (Å²) in [7, 11) is 2.19. The van der Waals surface area contributed by atoms with E-state index in [2.05, 4.69) is 22.6 Å². The average Bonchev–Trinajstić information content (AvgIpc) is 2.81. The van der Waals surface area contributed by atoms with Crippen LogP contribution in [0.4, 0.5) is 0 Å². The van der Waals surface area contributed by atoms with Gasteiger partial charge in [0.1, 0.15) is 0 Å². The molecular formula is C14H29N3O. The first-order valence-corrected chi connectivity index (χ1v) is 7.24. The summed E-state index contributed by atoms with van der Waals surface area (Å²) in [6, 6.07) is 0.860. The Hall–Kier alpha value is -0.610. The minimum absolute atomic E-state index is 0.0912. The van der Waals surface area contributed by atoms with Crippen molar-refractivity contribution in [3.05, 3.63) is 0 Å². The van der Waals surface area contributed by atoms with E-state index < -0.39 is 0 Å². The van der Waals surface area contributed by atoms with E-state index >= 15 is 0 Å². The van der Waals surface area contributed by atoms with Crippen LogP contribution in [0, 0.1) is 0 Å². The second-order valence-electron chi connectivity index (χ2n) is 5.76. The molecule has 0 bridgehead atoms. The summed E-state index contributed by atoms with van der Waals surface area (Å²) in [4.78, 5) is 14.1. The molecule has 0 aromatic carbocycles. The molecule has 1 aliphatic carbocycles. The van der Waals surface area contributed by atoms with Crippen molar-refractivity contribution in [3.8, 4) is 0 Å². The van der Waals surface area contributed by atoms with E-state index in [-0.39, 0.29) is 18.0 Å². The van der Waals surface area contributed by atoms with E-state index in [1.165, 1.54) is 25.7 Å². The number of nitrogens with zero attached hydrogens (tertiary/aromatic N) is 1. The molecule has 0 aromatic heterocycles. The lowest BCUT2D eigenvalue weighted by atomic mass is 10.2. The van der Waals surface area contributed by atoms with Gasteiger partial charge in [-0.3, -0.25) is 4.79 Å². The Morgan fingerprint density at radius 3 is 2.44 bits per heavy atom. The molecule has 0 aromatic rings. The second-order valence-corrected chi connectivity index (χ2v) is 5.76. The first kappa shape index (κ1) is 15.4. The van der Waals surface area contributed by atoms with Gasteiger partial charge >= 0.3 is 0 Å². The number of rotatable bonds is 7. The monoisotopic (exact) mass is 255 g/mol. The highest BCUT2D eigenvalue weighted by Gasteiger charge is 2.19. The Labute approximate surface area is 111 Å². The van der Waals surface area contributed by atoms with Crippen molar-refractivity contribution in [3.63, 3.8) is 0 Å². The lowest BCUT2D eigenvalue weighted by Crippen LogP contribution is -2.47. The molecule has 2 N–H and O–H groups in total. The number of hydrogen-bond donors (Lipinski definition) is 2. The first-order chi connectivity index (χ1) is 8.50. The van der Waals surface area contributed by atoms with Gasteiger partial charge in [0.25, 0.3) is 0 Å². The van der Waals surface area contributed by atoms with Crippen molar-refractivity contribution in [1.29, 1.82) is 0 Å². The predicted octanol–water partition coefficient (Wildman–Crippen LogP) is 1.36. The van der Waals surface area contributed by atoms with Crippen LogP contribution in [0.3, 0.4) is 0 Å². The Bertz CT molecular complexity index is 249. The molecule has 0 heterocycles. The summed E-state index contributed by atoms with van der Waals surface area (Å²) >= 11 is 0.